The molecule has 0 spiro atoms. The van der Waals surface area contributed by atoms with Crippen molar-refractivity contribution in [2.75, 3.05) is 5.73 Å². The van der Waals surface area contributed by atoms with Crippen LogP contribution in [0.1, 0.15) is 12.6 Å². The van der Waals surface area contributed by atoms with E-state index < -0.39 is 0 Å². The Hall–Kier alpha value is -1.84. The summed E-state index contributed by atoms with van der Waals surface area (Å²) < 4.78 is 15.6. The van der Waals surface area contributed by atoms with Gasteiger partial charge in [-0.1, -0.05) is 0 Å². The summed E-state index contributed by atoms with van der Waals surface area (Å²) in [6, 6.07) is 4.72. The summed E-state index contributed by atoms with van der Waals surface area (Å²) in [5.74, 6) is -0.307. The highest BCUT2D eigenvalue weighted by Gasteiger charge is 2.11. The van der Waals surface area contributed by atoms with Crippen molar-refractivity contribution in [3.63, 3.8) is 0 Å². The minimum absolute atomic E-state index is 0.307. The van der Waals surface area contributed by atoms with Gasteiger partial charge in [-0.2, -0.15) is 5.10 Å². The molecule has 0 aliphatic carbocycles. The van der Waals surface area contributed by atoms with Crippen LogP contribution in [0.3, 0.4) is 0 Å². The molecule has 0 saturated carbocycles. The van der Waals surface area contributed by atoms with Crippen molar-refractivity contribution in [2.24, 2.45) is 0 Å². The average molecular weight is 219 g/mol. The van der Waals surface area contributed by atoms with E-state index in [2.05, 4.69) is 5.10 Å². The molecule has 1 aromatic carbocycles. The number of halogens is 1. The van der Waals surface area contributed by atoms with Crippen LogP contribution in [0.2, 0.25) is 0 Å². The van der Waals surface area contributed by atoms with Gasteiger partial charge in [-0.05, 0) is 32.0 Å². The number of benzene rings is 1. The number of aryl methyl sites for hydroxylation is 1. The van der Waals surface area contributed by atoms with E-state index in [4.69, 9.17) is 5.73 Å². The summed E-state index contributed by atoms with van der Waals surface area (Å²) in [5.41, 5.74) is 8.28. The highest BCUT2D eigenvalue weighted by atomic mass is 19.1. The van der Waals surface area contributed by atoms with E-state index >= 15 is 0 Å². The minimum Gasteiger partial charge on any atom is -0.399 e. The van der Waals surface area contributed by atoms with Crippen LogP contribution >= 0.6 is 0 Å². The molecule has 16 heavy (non-hydrogen) atoms. The molecule has 2 rings (SSSR count). The fourth-order valence-electron chi connectivity index (χ4n) is 1.78. The second-order valence-electron chi connectivity index (χ2n) is 3.70. The highest BCUT2D eigenvalue weighted by Crippen LogP contribution is 2.26. The van der Waals surface area contributed by atoms with Crippen molar-refractivity contribution in [1.29, 1.82) is 0 Å². The molecule has 0 aliphatic heterocycles. The topological polar surface area (TPSA) is 43.8 Å². The molecule has 2 aromatic rings. The zero-order valence-corrected chi connectivity index (χ0v) is 9.37. The molecule has 1 aromatic heterocycles. The van der Waals surface area contributed by atoms with Crippen LogP contribution < -0.4 is 5.73 Å². The molecule has 3 nitrogen and oxygen atoms in total. The molecule has 0 amide bonds. The first-order valence-electron chi connectivity index (χ1n) is 5.21. The van der Waals surface area contributed by atoms with Gasteiger partial charge in [0.1, 0.15) is 5.82 Å². The van der Waals surface area contributed by atoms with Gasteiger partial charge in [-0.15, -0.1) is 0 Å². The predicted octanol–water partition coefficient (Wildman–Crippen LogP) is 2.60. The summed E-state index contributed by atoms with van der Waals surface area (Å²) in [5, 5.41) is 4.19. The number of anilines is 1. The lowest BCUT2D eigenvalue weighted by Gasteiger charge is -2.04. The number of rotatable bonds is 2. The van der Waals surface area contributed by atoms with Gasteiger partial charge in [-0.25, -0.2) is 4.39 Å². The Labute approximate surface area is 93.7 Å². The van der Waals surface area contributed by atoms with Gasteiger partial charge in [0.25, 0.3) is 0 Å². The molecule has 0 fully saturated rings. The monoisotopic (exact) mass is 219 g/mol. The average Bonchev–Trinajstić information content (AvgIpc) is 2.60. The van der Waals surface area contributed by atoms with Crippen LogP contribution in [0.5, 0.6) is 0 Å². The van der Waals surface area contributed by atoms with Crippen molar-refractivity contribution in [3.05, 3.63) is 35.9 Å². The minimum atomic E-state index is -0.307. The lowest BCUT2D eigenvalue weighted by atomic mass is 10.1. The SMILES string of the molecule is CCn1ncc(-c2ccc(N)cc2F)c1C. The maximum absolute atomic E-state index is 13.7. The molecule has 1 heterocycles. The molecule has 0 radical (unpaired) electrons. The van der Waals surface area contributed by atoms with E-state index in [9.17, 15) is 4.39 Å². The molecule has 0 saturated heterocycles. The van der Waals surface area contributed by atoms with Gasteiger partial charge in [0, 0.05) is 29.1 Å². The largest absolute Gasteiger partial charge is 0.399 e. The van der Waals surface area contributed by atoms with E-state index in [-0.39, 0.29) is 5.82 Å². The Balaban J connectivity index is 2.54. The van der Waals surface area contributed by atoms with Crippen molar-refractivity contribution < 1.29 is 4.39 Å². The number of nitrogens with zero attached hydrogens (tertiary/aromatic N) is 2. The second kappa shape index (κ2) is 3.96. The van der Waals surface area contributed by atoms with E-state index in [0.29, 0.717) is 11.3 Å². The zero-order chi connectivity index (χ0) is 11.7. The Morgan fingerprint density at radius 1 is 1.38 bits per heavy atom. The van der Waals surface area contributed by atoms with Crippen LogP contribution in [-0.2, 0) is 6.54 Å². The van der Waals surface area contributed by atoms with E-state index in [1.807, 2.05) is 18.5 Å². The van der Waals surface area contributed by atoms with Gasteiger partial charge >= 0.3 is 0 Å². The van der Waals surface area contributed by atoms with Crippen molar-refractivity contribution in [2.45, 2.75) is 20.4 Å². The quantitative estimate of drug-likeness (QED) is 0.789. The lowest BCUT2D eigenvalue weighted by Crippen LogP contribution is -1.98. The smallest absolute Gasteiger partial charge is 0.133 e. The van der Waals surface area contributed by atoms with E-state index in [1.165, 1.54) is 6.07 Å². The third-order valence-electron chi connectivity index (χ3n) is 2.69. The van der Waals surface area contributed by atoms with Crippen molar-refractivity contribution >= 4 is 5.69 Å². The number of hydrogen-bond donors (Lipinski definition) is 1. The summed E-state index contributed by atoms with van der Waals surface area (Å²) in [6.07, 6.45) is 1.69. The summed E-state index contributed by atoms with van der Waals surface area (Å²) in [7, 11) is 0. The first-order valence-corrected chi connectivity index (χ1v) is 5.21. The maximum Gasteiger partial charge on any atom is 0.133 e. The Morgan fingerprint density at radius 2 is 2.12 bits per heavy atom. The van der Waals surface area contributed by atoms with Crippen molar-refractivity contribution in [3.8, 4) is 11.1 Å². The van der Waals surface area contributed by atoms with Crippen LogP contribution in [0.25, 0.3) is 11.1 Å². The molecule has 0 bridgehead atoms. The Kier molecular flexibility index (Phi) is 2.64. The Bertz CT molecular complexity index is 517. The van der Waals surface area contributed by atoms with Gasteiger partial charge in [0.2, 0.25) is 0 Å². The van der Waals surface area contributed by atoms with Gasteiger partial charge < -0.3 is 5.73 Å². The van der Waals surface area contributed by atoms with Crippen LogP contribution in [-0.4, -0.2) is 9.78 Å². The third kappa shape index (κ3) is 1.66. The van der Waals surface area contributed by atoms with Crippen molar-refractivity contribution in [1.82, 2.24) is 9.78 Å². The summed E-state index contributed by atoms with van der Waals surface area (Å²) >= 11 is 0. The number of nitrogens with two attached hydrogens (primary N) is 1. The molecular weight excluding hydrogens is 205 g/mol. The first-order chi connectivity index (χ1) is 7.63. The molecule has 0 atom stereocenters. The van der Waals surface area contributed by atoms with Gasteiger partial charge in [-0.3, -0.25) is 4.68 Å². The molecular formula is C12H14FN3. The normalized spacial score (nSPS) is 10.7. The molecule has 4 heteroatoms. The number of aromatic nitrogens is 2. The molecule has 84 valence electrons. The predicted molar refractivity (Wildman–Crippen MR) is 62.4 cm³/mol. The fraction of sp³-hybridized carbons (Fsp3) is 0.250. The lowest BCUT2D eigenvalue weighted by molar-refractivity contribution is 0.630. The summed E-state index contributed by atoms with van der Waals surface area (Å²) in [6.45, 7) is 4.72. The van der Waals surface area contributed by atoms with Gasteiger partial charge in [0.15, 0.2) is 0 Å². The third-order valence-corrected chi connectivity index (χ3v) is 2.69. The number of hydrogen-bond acceptors (Lipinski definition) is 2. The van der Waals surface area contributed by atoms with Crippen LogP contribution in [0, 0.1) is 12.7 Å². The van der Waals surface area contributed by atoms with Gasteiger partial charge in [0.05, 0.1) is 6.20 Å². The molecule has 0 aliphatic rings. The van der Waals surface area contributed by atoms with E-state index in [1.54, 1.807) is 18.3 Å². The summed E-state index contributed by atoms with van der Waals surface area (Å²) in [4.78, 5) is 0. The van der Waals surface area contributed by atoms with E-state index in [0.717, 1.165) is 17.8 Å². The Morgan fingerprint density at radius 3 is 2.69 bits per heavy atom. The standard InChI is InChI=1S/C12H14FN3/c1-3-16-8(2)11(7-15-16)10-5-4-9(14)6-12(10)13/h4-7H,3,14H2,1-2H3. The zero-order valence-electron chi connectivity index (χ0n) is 9.37. The number of nitrogen functional groups attached to an aromatic ring is 1. The molecule has 0 unspecified atom stereocenters. The second-order valence-corrected chi connectivity index (χ2v) is 3.70. The maximum atomic E-state index is 13.7. The fourth-order valence-corrected chi connectivity index (χ4v) is 1.78. The van der Waals surface area contributed by atoms with Crippen LogP contribution in [0.4, 0.5) is 10.1 Å². The highest BCUT2D eigenvalue weighted by molar-refractivity contribution is 5.67. The molecule has 2 N–H and O–H groups in total. The first kappa shape index (κ1) is 10.7. The van der Waals surface area contributed by atoms with Crippen LogP contribution in [0.15, 0.2) is 24.4 Å².